The minimum Gasteiger partial charge on any atom is -0.345 e. The number of hydrogen-bond donors (Lipinski definition) is 0. The number of hydrogen-bond acceptors (Lipinski definition) is 4. The lowest BCUT2D eigenvalue weighted by atomic mass is 10.2. The molecule has 2 aromatic carbocycles. The fourth-order valence-corrected chi connectivity index (χ4v) is 4.36. The van der Waals surface area contributed by atoms with Crippen LogP contribution in [0.3, 0.4) is 0 Å². The van der Waals surface area contributed by atoms with E-state index < -0.39 is 16.3 Å². The molecule has 0 amide bonds. The van der Waals surface area contributed by atoms with Crippen molar-refractivity contribution < 1.29 is 17.9 Å². The predicted molar refractivity (Wildman–Crippen MR) is 85.6 cm³/mol. The molecule has 1 aliphatic rings. The molecule has 1 aliphatic heterocycles. The third-order valence-corrected chi connectivity index (χ3v) is 5.59. The maximum absolute atomic E-state index is 13.1. The fourth-order valence-electron chi connectivity index (χ4n) is 2.81. The van der Waals surface area contributed by atoms with Crippen molar-refractivity contribution in [2.45, 2.75) is 11.2 Å². The zero-order valence-corrected chi connectivity index (χ0v) is 13.1. The minimum atomic E-state index is -3.73. The quantitative estimate of drug-likeness (QED) is 0.741. The summed E-state index contributed by atoms with van der Waals surface area (Å²) >= 11 is 0. The summed E-state index contributed by atoms with van der Waals surface area (Å²) in [6.45, 7) is 0.912. The molecule has 0 bridgehead atoms. The van der Waals surface area contributed by atoms with Crippen LogP contribution in [-0.2, 0) is 19.5 Å². The molecule has 5 nitrogen and oxygen atoms in total. The largest absolute Gasteiger partial charge is 0.345 e. The van der Waals surface area contributed by atoms with Crippen LogP contribution in [0.4, 0.5) is 0 Å². The lowest BCUT2D eigenvalue weighted by molar-refractivity contribution is -0.0475. The first-order valence-corrected chi connectivity index (χ1v) is 8.76. The van der Waals surface area contributed by atoms with Crippen LogP contribution in [0, 0.1) is 0 Å². The molecular formula is C17H15NO4S. The Bertz CT molecular complexity index is 941. The van der Waals surface area contributed by atoms with E-state index in [0.717, 1.165) is 5.39 Å². The van der Waals surface area contributed by atoms with Crippen molar-refractivity contribution in [3.05, 3.63) is 66.4 Å². The van der Waals surface area contributed by atoms with Gasteiger partial charge in [0, 0.05) is 5.39 Å². The molecule has 0 N–H and O–H groups in total. The minimum absolute atomic E-state index is 0.237. The van der Waals surface area contributed by atoms with E-state index in [0.29, 0.717) is 24.4 Å². The van der Waals surface area contributed by atoms with Crippen LogP contribution in [0.15, 0.2) is 65.6 Å². The molecule has 1 fully saturated rings. The summed E-state index contributed by atoms with van der Waals surface area (Å²) in [7, 11) is -3.73. The molecule has 1 aromatic heterocycles. The SMILES string of the molecule is O=S(=O)(c1ccccc1)n1c(C2OCCO2)cc2ccccc21. The van der Waals surface area contributed by atoms with E-state index in [1.165, 1.54) is 3.97 Å². The molecular weight excluding hydrogens is 314 g/mol. The molecule has 1 saturated heterocycles. The molecule has 0 atom stereocenters. The molecule has 0 radical (unpaired) electrons. The van der Waals surface area contributed by atoms with E-state index in [1.807, 2.05) is 24.3 Å². The molecule has 0 aliphatic carbocycles. The van der Waals surface area contributed by atoms with Crippen molar-refractivity contribution in [1.29, 1.82) is 0 Å². The Morgan fingerprint density at radius 2 is 1.57 bits per heavy atom. The van der Waals surface area contributed by atoms with Crippen molar-refractivity contribution in [3.63, 3.8) is 0 Å². The van der Waals surface area contributed by atoms with Crippen molar-refractivity contribution in [2.24, 2.45) is 0 Å². The number of nitrogens with zero attached hydrogens (tertiary/aromatic N) is 1. The van der Waals surface area contributed by atoms with Gasteiger partial charge < -0.3 is 9.47 Å². The van der Waals surface area contributed by atoms with Gasteiger partial charge >= 0.3 is 0 Å². The zero-order chi connectivity index (χ0) is 15.9. The molecule has 0 unspecified atom stereocenters. The second kappa shape index (κ2) is 5.49. The standard InChI is InChI=1S/C17H15NO4S/c19-23(20,14-7-2-1-3-8-14)18-15-9-5-4-6-13(15)12-16(18)17-21-10-11-22-17/h1-9,12,17H,10-11H2. The van der Waals surface area contributed by atoms with Crippen LogP contribution < -0.4 is 0 Å². The number of aromatic nitrogens is 1. The van der Waals surface area contributed by atoms with Crippen molar-refractivity contribution in [3.8, 4) is 0 Å². The van der Waals surface area contributed by atoms with Crippen LogP contribution >= 0.6 is 0 Å². The molecule has 6 heteroatoms. The average Bonchev–Trinajstić information content (AvgIpc) is 3.23. The lowest BCUT2D eigenvalue weighted by Crippen LogP contribution is -2.18. The van der Waals surface area contributed by atoms with Crippen LogP contribution in [-0.4, -0.2) is 25.6 Å². The molecule has 23 heavy (non-hydrogen) atoms. The zero-order valence-electron chi connectivity index (χ0n) is 12.3. The summed E-state index contributed by atoms with van der Waals surface area (Å²) in [4.78, 5) is 0.237. The van der Waals surface area contributed by atoms with Crippen LogP contribution in [0.1, 0.15) is 12.0 Å². The third kappa shape index (κ3) is 2.35. The second-order valence-corrected chi connectivity index (χ2v) is 7.07. The molecule has 0 spiro atoms. The van der Waals surface area contributed by atoms with Crippen LogP contribution in [0.2, 0.25) is 0 Å². The third-order valence-electron chi connectivity index (χ3n) is 3.84. The van der Waals surface area contributed by atoms with E-state index in [2.05, 4.69) is 0 Å². The first-order valence-electron chi connectivity index (χ1n) is 7.32. The predicted octanol–water partition coefficient (Wildman–Crippen LogP) is 2.92. The molecule has 4 rings (SSSR count). The first-order chi connectivity index (χ1) is 11.2. The van der Waals surface area contributed by atoms with E-state index in [4.69, 9.17) is 9.47 Å². The van der Waals surface area contributed by atoms with Crippen molar-refractivity contribution >= 4 is 20.9 Å². The molecule has 118 valence electrons. The Labute approximate surface area is 134 Å². The van der Waals surface area contributed by atoms with Gasteiger partial charge in [-0.3, -0.25) is 0 Å². The summed E-state index contributed by atoms with van der Waals surface area (Å²) in [5, 5.41) is 0.834. The normalized spacial score (nSPS) is 16.2. The maximum Gasteiger partial charge on any atom is 0.268 e. The Morgan fingerprint density at radius 1 is 0.913 bits per heavy atom. The summed E-state index contributed by atoms with van der Waals surface area (Å²) in [6.07, 6.45) is -0.666. The van der Waals surface area contributed by atoms with Crippen LogP contribution in [0.25, 0.3) is 10.9 Å². The van der Waals surface area contributed by atoms with Crippen LogP contribution in [0.5, 0.6) is 0 Å². The highest BCUT2D eigenvalue weighted by molar-refractivity contribution is 7.90. The summed E-state index contributed by atoms with van der Waals surface area (Å²) in [6, 6.07) is 17.6. The maximum atomic E-state index is 13.1. The van der Waals surface area contributed by atoms with E-state index in [-0.39, 0.29) is 4.90 Å². The van der Waals surface area contributed by atoms with Gasteiger partial charge in [0.25, 0.3) is 10.0 Å². The number of fused-ring (bicyclic) bond motifs is 1. The first kappa shape index (κ1) is 14.4. The Morgan fingerprint density at radius 3 is 2.30 bits per heavy atom. The molecule has 2 heterocycles. The van der Waals surface area contributed by atoms with Gasteiger partial charge in [-0.05, 0) is 24.3 Å². The number of benzene rings is 2. The Hall–Kier alpha value is -2.15. The number of ether oxygens (including phenoxy) is 2. The topological polar surface area (TPSA) is 57.5 Å². The van der Waals surface area contributed by atoms with Gasteiger partial charge in [-0.15, -0.1) is 0 Å². The smallest absolute Gasteiger partial charge is 0.268 e. The summed E-state index contributed by atoms with van der Waals surface area (Å²) in [5.41, 5.74) is 1.11. The van der Waals surface area contributed by atoms with E-state index in [1.54, 1.807) is 36.4 Å². The molecule has 3 aromatic rings. The lowest BCUT2D eigenvalue weighted by Gasteiger charge is -2.15. The van der Waals surface area contributed by atoms with Crippen molar-refractivity contribution in [1.82, 2.24) is 3.97 Å². The molecule has 0 saturated carbocycles. The van der Waals surface area contributed by atoms with Gasteiger partial charge in [0.1, 0.15) is 0 Å². The Kier molecular flexibility index (Phi) is 3.45. The number of para-hydroxylation sites is 1. The highest BCUT2D eigenvalue weighted by atomic mass is 32.2. The summed E-state index contributed by atoms with van der Waals surface area (Å²) in [5.74, 6) is 0. The van der Waals surface area contributed by atoms with Gasteiger partial charge in [-0.1, -0.05) is 36.4 Å². The van der Waals surface area contributed by atoms with Gasteiger partial charge in [-0.25, -0.2) is 12.4 Å². The Balaban J connectivity index is 1.99. The average molecular weight is 329 g/mol. The van der Waals surface area contributed by atoms with Crippen molar-refractivity contribution in [2.75, 3.05) is 13.2 Å². The van der Waals surface area contributed by atoms with Gasteiger partial charge in [0.2, 0.25) is 0 Å². The van der Waals surface area contributed by atoms with Gasteiger partial charge in [-0.2, -0.15) is 0 Å². The fraction of sp³-hybridized carbons (Fsp3) is 0.176. The monoisotopic (exact) mass is 329 g/mol. The summed E-state index contributed by atoms with van der Waals surface area (Å²) < 4.78 is 38.7. The second-order valence-electron chi connectivity index (χ2n) is 5.28. The highest BCUT2D eigenvalue weighted by Gasteiger charge is 2.29. The van der Waals surface area contributed by atoms with E-state index in [9.17, 15) is 8.42 Å². The number of rotatable bonds is 3. The van der Waals surface area contributed by atoms with Gasteiger partial charge in [0.05, 0.1) is 29.3 Å². The van der Waals surface area contributed by atoms with Gasteiger partial charge in [0.15, 0.2) is 6.29 Å². The highest BCUT2D eigenvalue weighted by Crippen LogP contribution is 2.32. The van der Waals surface area contributed by atoms with E-state index >= 15 is 0 Å².